The van der Waals surface area contributed by atoms with Crippen LogP contribution in [-0.4, -0.2) is 49.8 Å². The SMILES string of the molecule is c1n[nH]cc1-c1cnc2[nH]cc(-c3cncc(NCCCC4CCNCC4)n3)c2c1. The number of piperidine rings is 1. The van der Waals surface area contributed by atoms with Crippen LogP contribution in [0.25, 0.3) is 33.4 Å². The summed E-state index contributed by atoms with van der Waals surface area (Å²) < 4.78 is 0. The molecule has 0 atom stereocenters. The standard InChI is InChI=1S/C22H26N8/c1(2-15-3-6-23-7-4-15)5-25-21-14-24-13-20(30-21)19-12-27-22-18(19)8-16(9-26-22)17-10-28-29-11-17/h8-15,23H,1-7H2,(H,25,30)(H,26,27)(H,28,29). The van der Waals surface area contributed by atoms with Gasteiger partial charge in [0.15, 0.2) is 0 Å². The van der Waals surface area contributed by atoms with E-state index >= 15 is 0 Å². The average molecular weight is 403 g/mol. The number of aromatic amines is 2. The highest BCUT2D eigenvalue weighted by Crippen LogP contribution is 2.30. The Morgan fingerprint density at radius 1 is 1.03 bits per heavy atom. The van der Waals surface area contributed by atoms with Gasteiger partial charge in [-0.2, -0.15) is 5.10 Å². The lowest BCUT2D eigenvalue weighted by atomic mass is 9.93. The van der Waals surface area contributed by atoms with Gasteiger partial charge < -0.3 is 15.6 Å². The van der Waals surface area contributed by atoms with Crippen LogP contribution in [0, 0.1) is 5.92 Å². The van der Waals surface area contributed by atoms with Crippen molar-refractivity contribution in [1.82, 2.24) is 35.5 Å². The van der Waals surface area contributed by atoms with Crippen LogP contribution < -0.4 is 10.6 Å². The van der Waals surface area contributed by atoms with E-state index < -0.39 is 0 Å². The molecule has 4 aromatic heterocycles. The third-order valence-electron chi connectivity index (χ3n) is 5.83. The van der Waals surface area contributed by atoms with Crippen LogP contribution in [0.3, 0.4) is 0 Å². The molecule has 0 aromatic carbocycles. The minimum atomic E-state index is 0.811. The summed E-state index contributed by atoms with van der Waals surface area (Å²) >= 11 is 0. The molecule has 8 nitrogen and oxygen atoms in total. The topological polar surface area (TPSA) is 107 Å². The molecule has 1 aliphatic rings. The van der Waals surface area contributed by atoms with Crippen LogP contribution in [0.5, 0.6) is 0 Å². The van der Waals surface area contributed by atoms with Gasteiger partial charge >= 0.3 is 0 Å². The van der Waals surface area contributed by atoms with Crippen molar-refractivity contribution in [2.24, 2.45) is 5.92 Å². The highest BCUT2D eigenvalue weighted by atomic mass is 15.1. The first-order chi connectivity index (χ1) is 14.9. The van der Waals surface area contributed by atoms with Crippen molar-refractivity contribution < 1.29 is 0 Å². The van der Waals surface area contributed by atoms with E-state index in [4.69, 9.17) is 4.98 Å². The van der Waals surface area contributed by atoms with Crippen molar-refractivity contribution in [1.29, 1.82) is 0 Å². The first-order valence-electron chi connectivity index (χ1n) is 10.6. The smallest absolute Gasteiger partial charge is 0.145 e. The molecular weight excluding hydrogens is 376 g/mol. The van der Waals surface area contributed by atoms with E-state index in [1.54, 1.807) is 18.6 Å². The first-order valence-corrected chi connectivity index (χ1v) is 10.6. The van der Waals surface area contributed by atoms with Crippen LogP contribution in [-0.2, 0) is 0 Å². The molecule has 0 amide bonds. The summed E-state index contributed by atoms with van der Waals surface area (Å²) in [5, 5.41) is 14.8. The Morgan fingerprint density at radius 2 is 1.97 bits per heavy atom. The van der Waals surface area contributed by atoms with E-state index in [-0.39, 0.29) is 0 Å². The molecule has 0 aliphatic carbocycles. The summed E-state index contributed by atoms with van der Waals surface area (Å²) in [6.45, 7) is 3.24. The fourth-order valence-electron chi connectivity index (χ4n) is 4.14. The Labute approximate surface area is 175 Å². The Bertz CT molecular complexity index is 1100. The second-order valence-corrected chi connectivity index (χ2v) is 7.86. The normalized spacial score (nSPS) is 14.9. The lowest BCUT2D eigenvalue weighted by Gasteiger charge is -2.22. The third-order valence-corrected chi connectivity index (χ3v) is 5.83. The highest BCUT2D eigenvalue weighted by molar-refractivity contribution is 5.94. The number of hydrogen-bond donors (Lipinski definition) is 4. The first kappa shape index (κ1) is 18.7. The number of nitrogens with one attached hydrogen (secondary N) is 4. The van der Waals surface area contributed by atoms with E-state index in [0.717, 1.165) is 71.2 Å². The number of aromatic nitrogens is 6. The maximum absolute atomic E-state index is 4.79. The number of pyridine rings is 1. The molecule has 0 saturated carbocycles. The zero-order valence-corrected chi connectivity index (χ0v) is 16.9. The molecule has 1 aliphatic heterocycles. The van der Waals surface area contributed by atoms with Gasteiger partial charge in [-0.1, -0.05) is 0 Å². The van der Waals surface area contributed by atoms with E-state index in [2.05, 4.69) is 41.8 Å². The number of rotatable bonds is 7. The van der Waals surface area contributed by atoms with Gasteiger partial charge in [0.1, 0.15) is 11.5 Å². The quantitative estimate of drug-likeness (QED) is 0.352. The summed E-state index contributed by atoms with van der Waals surface area (Å²) in [5.74, 6) is 1.67. The zero-order valence-electron chi connectivity index (χ0n) is 16.9. The second-order valence-electron chi connectivity index (χ2n) is 7.86. The molecule has 5 heterocycles. The summed E-state index contributed by atoms with van der Waals surface area (Å²) in [6, 6.07) is 2.11. The molecule has 0 radical (unpaired) electrons. The Hall–Kier alpha value is -3.26. The van der Waals surface area contributed by atoms with E-state index in [1.807, 2.05) is 18.6 Å². The molecule has 0 spiro atoms. The molecule has 1 fully saturated rings. The van der Waals surface area contributed by atoms with Gasteiger partial charge in [0.05, 0.1) is 24.3 Å². The summed E-state index contributed by atoms with van der Waals surface area (Å²) in [7, 11) is 0. The third kappa shape index (κ3) is 4.04. The molecule has 0 bridgehead atoms. The lowest BCUT2D eigenvalue weighted by Crippen LogP contribution is -2.27. The van der Waals surface area contributed by atoms with Crippen molar-refractivity contribution in [2.75, 3.05) is 25.0 Å². The summed E-state index contributed by atoms with van der Waals surface area (Å²) in [6.07, 6.45) is 16.1. The van der Waals surface area contributed by atoms with Crippen molar-refractivity contribution in [3.8, 4) is 22.4 Å². The van der Waals surface area contributed by atoms with Gasteiger partial charge in [0.2, 0.25) is 0 Å². The molecule has 1 saturated heterocycles. The molecule has 8 heteroatoms. The maximum atomic E-state index is 4.79. The molecule has 0 unspecified atom stereocenters. The molecule has 4 N–H and O–H groups in total. The monoisotopic (exact) mass is 402 g/mol. The number of H-pyrrole nitrogens is 2. The number of fused-ring (bicyclic) bond motifs is 1. The van der Waals surface area contributed by atoms with Crippen LogP contribution in [0.15, 0.2) is 43.2 Å². The maximum Gasteiger partial charge on any atom is 0.145 e. The summed E-state index contributed by atoms with van der Waals surface area (Å²) in [5.41, 5.74) is 4.67. The average Bonchev–Trinajstić information content (AvgIpc) is 3.47. The van der Waals surface area contributed by atoms with Crippen LogP contribution in [0.2, 0.25) is 0 Å². The fraction of sp³-hybridized carbons (Fsp3) is 0.364. The molecular formula is C22H26N8. The highest BCUT2D eigenvalue weighted by Gasteiger charge is 2.13. The lowest BCUT2D eigenvalue weighted by molar-refractivity contribution is 0.350. The molecule has 4 aromatic rings. The van der Waals surface area contributed by atoms with E-state index in [1.165, 1.54) is 19.3 Å². The number of nitrogens with zero attached hydrogens (tertiary/aromatic N) is 4. The van der Waals surface area contributed by atoms with Gasteiger partial charge in [-0.25, -0.2) is 9.97 Å². The minimum absolute atomic E-state index is 0.811. The van der Waals surface area contributed by atoms with Gasteiger partial charge in [-0.3, -0.25) is 10.1 Å². The van der Waals surface area contributed by atoms with E-state index in [9.17, 15) is 0 Å². The zero-order chi connectivity index (χ0) is 20.2. The van der Waals surface area contributed by atoms with Crippen molar-refractivity contribution >= 4 is 16.9 Å². The van der Waals surface area contributed by atoms with Crippen LogP contribution >= 0.6 is 0 Å². The van der Waals surface area contributed by atoms with Crippen LogP contribution in [0.4, 0.5) is 5.82 Å². The minimum Gasteiger partial charge on any atom is -0.369 e. The van der Waals surface area contributed by atoms with Crippen molar-refractivity contribution in [2.45, 2.75) is 25.7 Å². The van der Waals surface area contributed by atoms with Crippen LogP contribution in [0.1, 0.15) is 25.7 Å². The van der Waals surface area contributed by atoms with Gasteiger partial charge in [0, 0.05) is 47.2 Å². The largest absolute Gasteiger partial charge is 0.369 e. The van der Waals surface area contributed by atoms with E-state index in [0.29, 0.717) is 0 Å². The fourth-order valence-corrected chi connectivity index (χ4v) is 4.14. The van der Waals surface area contributed by atoms with Crippen molar-refractivity contribution in [3.05, 3.63) is 43.2 Å². The molecule has 154 valence electrons. The van der Waals surface area contributed by atoms with Gasteiger partial charge in [0.25, 0.3) is 0 Å². The predicted octanol–water partition coefficient (Wildman–Crippen LogP) is 3.60. The molecule has 5 rings (SSSR count). The number of hydrogen-bond acceptors (Lipinski definition) is 6. The Morgan fingerprint density at radius 3 is 2.83 bits per heavy atom. The Kier molecular flexibility index (Phi) is 5.39. The Balaban J connectivity index is 1.30. The summed E-state index contributed by atoms with van der Waals surface area (Å²) in [4.78, 5) is 17.0. The predicted molar refractivity (Wildman–Crippen MR) is 118 cm³/mol. The van der Waals surface area contributed by atoms with Crippen molar-refractivity contribution in [3.63, 3.8) is 0 Å². The molecule has 30 heavy (non-hydrogen) atoms. The second kappa shape index (κ2) is 8.62. The van der Waals surface area contributed by atoms with Gasteiger partial charge in [-0.15, -0.1) is 0 Å². The van der Waals surface area contributed by atoms with Gasteiger partial charge in [-0.05, 0) is 50.8 Å². The number of anilines is 1.